The molecule has 1 aromatic rings. The minimum Gasteiger partial charge on any atom is -0.361 e. The van der Waals surface area contributed by atoms with Crippen molar-refractivity contribution in [1.29, 1.82) is 0 Å². The predicted molar refractivity (Wildman–Crippen MR) is 153 cm³/mol. The number of likely N-dealkylation sites (N-methyl/N-ethyl adjacent to an activating group) is 1. The van der Waals surface area contributed by atoms with Crippen molar-refractivity contribution in [3.05, 3.63) is 44.0 Å². The number of carbonyl (C=O) groups is 1. The van der Waals surface area contributed by atoms with Gasteiger partial charge in [-0.1, -0.05) is 6.92 Å². The molecule has 0 saturated carbocycles. The average molecular weight is 586 g/mol. The molecular formula is C26H45N6O7P. The Morgan fingerprint density at radius 2 is 1.98 bits per heavy atom. The first kappa shape index (κ1) is 32.3. The van der Waals surface area contributed by atoms with Gasteiger partial charge < -0.3 is 33.6 Å². The van der Waals surface area contributed by atoms with E-state index in [1.54, 1.807) is 13.8 Å². The second-order valence-corrected chi connectivity index (χ2v) is 11.7. The Morgan fingerprint density at radius 3 is 2.55 bits per heavy atom. The number of rotatable bonds is 16. The van der Waals surface area contributed by atoms with Gasteiger partial charge in [0.25, 0.3) is 14.1 Å². The van der Waals surface area contributed by atoms with Gasteiger partial charge in [-0.3, -0.25) is 19.1 Å². The van der Waals surface area contributed by atoms with Crippen LogP contribution in [0.4, 0.5) is 0 Å². The maximum Gasteiger partial charge on any atom is 0.330 e. The number of amides is 1. The molecule has 0 spiro atoms. The van der Waals surface area contributed by atoms with Gasteiger partial charge in [0.15, 0.2) is 6.23 Å². The largest absolute Gasteiger partial charge is 0.361 e. The minimum atomic E-state index is -1.76. The Hall–Kier alpha value is -2.17. The van der Waals surface area contributed by atoms with Gasteiger partial charge in [0, 0.05) is 38.3 Å². The number of hydrogen-bond donors (Lipinski definition) is 2. The smallest absolute Gasteiger partial charge is 0.330 e. The molecule has 0 aromatic carbocycles. The zero-order chi connectivity index (χ0) is 30.9. The van der Waals surface area contributed by atoms with Crippen LogP contribution in [0.15, 0.2) is 15.8 Å². The normalized spacial score (nSPS) is 23.0. The number of hydrogen-bond acceptors (Lipinski definition) is 9. The van der Waals surface area contributed by atoms with Crippen LogP contribution in [0.25, 0.3) is 4.85 Å². The highest BCUT2D eigenvalue weighted by atomic mass is 31.2. The molecule has 1 saturated heterocycles. The van der Waals surface area contributed by atoms with E-state index in [0.29, 0.717) is 13.1 Å². The van der Waals surface area contributed by atoms with Gasteiger partial charge in [0.05, 0.1) is 6.10 Å². The van der Waals surface area contributed by atoms with Gasteiger partial charge in [-0.15, -0.1) is 0 Å². The molecule has 1 aliphatic rings. The Morgan fingerprint density at radius 1 is 1.30 bits per heavy atom. The van der Waals surface area contributed by atoms with E-state index in [0.717, 1.165) is 0 Å². The lowest BCUT2D eigenvalue weighted by Crippen LogP contribution is -2.43. The van der Waals surface area contributed by atoms with Crippen LogP contribution < -0.4 is 16.6 Å². The fraction of sp³-hybridized carbons (Fsp3) is 0.769. The van der Waals surface area contributed by atoms with Crippen molar-refractivity contribution in [2.45, 2.75) is 84.6 Å². The lowest BCUT2D eigenvalue weighted by Gasteiger charge is -2.38. The molecule has 2 rings (SSSR count). The van der Waals surface area contributed by atoms with E-state index in [1.165, 1.54) is 10.8 Å². The molecule has 1 unspecified atom stereocenters. The molecule has 2 N–H and O–H groups in total. The second kappa shape index (κ2) is 16.3. The summed E-state index contributed by atoms with van der Waals surface area (Å²) < 4.78 is 36.8. The first-order valence-corrected chi connectivity index (χ1v) is 14.6. The molecule has 0 radical (unpaired) electrons. The van der Waals surface area contributed by atoms with Crippen LogP contribution in [0.2, 0.25) is 0 Å². The third kappa shape index (κ3) is 9.45. The average Bonchev–Trinajstić information content (AvgIpc) is 3.22. The first-order chi connectivity index (χ1) is 19.3. The molecule has 226 valence electrons. The summed E-state index contributed by atoms with van der Waals surface area (Å²) in [6.45, 7) is 19.4. The number of nitrogens with zero attached hydrogens (tertiary/aromatic N) is 4. The van der Waals surface area contributed by atoms with Crippen LogP contribution in [0.3, 0.4) is 0 Å². The zero-order valence-electron chi connectivity index (χ0n) is 25.7. The Balaban J connectivity index is 2.50. The molecular weight excluding hydrogens is 539 g/mol. The third-order valence-corrected chi connectivity index (χ3v) is 8.25. The number of H-pyrrole nitrogens is 1. The molecule has 1 aliphatic heterocycles. The Kier molecular flexibility index (Phi) is 13.2. The van der Waals surface area contributed by atoms with Crippen molar-refractivity contribution in [3.8, 4) is 0 Å². The summed E-state index contributed by atoms with van der Waals surface area (Å²) >= 11 is 0. The van der Waals surface area contributed by atoms with Crippen LogP contribution in [-0.2, 0) is 23.3 Å². The van der Waals surface area contributed by atoms with Crippen LogP contribution in [-0.4, -0.2) is 102 Å². The molecule has 0 aliphatic carbocycles. The molecule has 14 heteroatoms. The minimum absolute atomic E-state index is 0.0188. The van der Waals surface area contributed by atoms with E-state index in [-0.39, 0.29) is 43.3 Å². The summed E-state index contributed by atoms with van der Waals surface area (Å²) in [5, 5.41) is 2.80. The number of nitrogens with one attached hydrogen (secondary N) is 2. The van der Waals surface area contributed by atoms with Crippen molar-refractivity contribution in [2.75, 3.05) is 46.9 Å². The highest BCUT2D eigenvalue weighted by Gasteiger charge is 2.49. The maximum absolute atomic E-state index is 12.9. The topological polar surface area (TPSA) is 132 Å². The van der Waals surface area contributed by atoms with E-state index in [4.69, 9.17) is 26.5 Å². The van der Waals surface area contributed by atoms with Gasteiger partial charge in [0.1, 0.15) is 25.4 Å². The van der Waals surface area contributed by atoms with Crippen LogP contribution >= 0.6 is 8.53 Å². The van der Waals surface area contributed by atoms with Crippen molar-refractivity contribution in [3.63, 3.8) is 0 Å². The standard InChI is InChI=1S/C26H45N6O7P/c1-10-20-22(39-40(37-14-12-27-7)32(17(2)3)18(4)5)23(36-16-21(33)28-11-13-30(8)9)25(38-20)31-15-19(6)24(34)29-26(31)35/h15,17-18,20,22-23,25H,10-14,16H2,1-6,8-9H3,(H,28,33)(H,29,34,35)/t20-,22-,23-,25-,40?/m1/s1/i10D/t10-,20-,22-,23-,25-,40?. The van der Waals surface area contributed by atoms with Gasteiger partial charge in [-0.25, -0.2) is 16.0 Å². The number of aromatic amines is 1. The first-order valence-electron chi connectivity index (χ1n) is 14.0. The molecule has 40 heavy (non-hydrogen) atoms. The fourth-order valence-corrected chi connectivity index (χ4v) is 6.01. The van der Waals surface area contributed by atoms with E-state index >= 15 is 0 Å². The maximum atomic E-state index is 12.9. The summed E-state index contributed by atoms with van der Waals surface area (Å²) in [7, 11) is 2.03. The lowest BCUT2D eigenvalue weighted by molar-refractivity contribution is -0.132. The summed E-state index contributed by atoms with van der Waals surface area (Å²) in [5.74, 6) is -0.363. The van der Waals surface area contributed by atoms with E-state index in [9.17, 15) is 14.4 Å². The van der Waals surface area contributed by atoms with Crippen molar-refractivity contribution in [2.24, 2.45) is 0 Å². The van der Waals surface area contributed by atoms with Crippen molar-refractivity contribution < 1.29 is 24.7 Å². The van der Waals surface area contributed by atoms with Crippen molar-refractivity contribution in [1.82, 2.24) is 24.4 Å². The van der Waals surface area contributed by atoms with E-state index in [2.05, 4.69) is 15.1 Å². The number of aryl methyl sites for hydroxylation is 1. The fourth-order valence-electron chi connectivity index (χ4n) is 4.26. The molecule has 1 amide bonds. The van der Waals surface area contributed by atoms with E-state index in [1.807, 2.05) is 51.4 Å². The molecule has 1 fully saturated rings. The summed E-state index contributed by atoms with van der Waals surface area (Å²) in [5.41, 5.74) is -0.960. The molecule has 13 nitrogen and oxygen atoms in total. The summed E-state index contributed by atoms with van der Waals surface area (Å²) in [6.07, 6.45) is -3.32. The molecule has 6 atom stereocenters. The van der Waals surface area contributed by atoms with Crippen LogP contribution in [0.1, 0.15) is 54.2 Å². The van der Waals surface area contributed by atoms with Gasteiger partial charge in [0.2, 0.25) is 12.5 Å². The number of aromatic nitrogens is 2. The quantitative estimate of drug-likeness (QED) is 0.170. The highest BCUT2D eigenvalue weighted by Crippen LogP contribution is 2.50. The highest BCUT2D eigenvalue weighted by molar-refractivity contribution is 7.44. The van der Waals surface area contributed by atoms with Gasteiger partial charge in [-0.05, 0) is 55.1 Å². The van der Waals surface area contributed by atoms with E-state index < -0.39 is 50.7 Å². The van der Waals surface area contributed by atoms with Crippen LogP contribution in [0.5, 0.6) is 0 Å². The van der Waals surface area contributed by atoms with Gasteiger partial charge in [-0.2, -0.15) is 0 Å². The SMILES string of the molecule is [2H][C@H](C)[C@H]1O[C@@H](n2cc(C)c(=O)[nH]c2=O)[C@H](OCC(=O)NCCN(C)C)[C@@H]1OP(OCC[N+]#[C-])N(C(C)C)C(C)C. The molecule has 0 bridgehead atoms. The molecule has 1 aromatic heterocycles. The van der Waals surface area contributed by atoms with Crippen LogP contribution in [0, 0.1) is 13.5 Å². The lowest BCUT2D eigenvalue weighted by atomic mass is 10.1. The molecule has 2 heterocycles. The number of ether oxygens (including phenoxy) is 2. The Bertz CT molecular complexity index is 1130. The zero-order valence-corrected chi connectivity index (χ0v) is 25.6. The Labute approximate surface area is 239 Å². The summed E-state index contributed by atoms with van der Waals surface area (Å²) in [6, 6.07) is 0.0377. The number of carbonyl (C=O) groups excluding carboxylic acids is 1. The third-order valence-electron chi connectivity index (χ3n) is 6.13. The van der Waals surface area contributed by atoms with Crippen molar-refractivity contribution >= 4 is 14.4 Å². The monoisotopic (exact) mass is 585 g/mol. The predicted octanol–water partition coefficient (Wildman–Crippen LogP) is 1.88. The summed E-state index contributed by atoms with van der Waals surface area (Å²) in [4.78, 5) is 45.2. The second-order valence-electron chi connectivity index (χ2n) is 10.3. The van der Waals surface area contributed by atoms with Gasteiger partial charge >= 0.3 is 5.69 Å².